The molecule has 0 aromatic heterocycles. The molecule has 0 unspecified atom stereocenters. The lowest BCUT2D eigenvalue weighted by atomic mass is 10.1. The van der Waals surface area contributed by atoms with Gasteiger partial charge in [-0.3, -0.25) is 4.79 Å². The molecule has 0 aliphatic heterocycles. The van der Waals surface area contributed by atoms with Crippen molar-refractivity contribution in [3.8, 4) is 0 Å². The maximum absolute atomic E-state index is 11.9. The molecule has 0 bridgehead atoms. The van der Waals surface area contributed by atoms with E-state index in [9.17, 15) is 9.59 Å². The van der Waals surface area contributed by atoms with Crippen LogP contribution in [0.4, 0.5) is 0 Å². The molecular formula is C14H19NO3. The Balaban J connectivity index is 4.81. The monoisotopic (exact) mass is 249 g/mol. The number of amides is 1. The van der Waals surface area contributed by atoms with Crippen LogP contribution in [0.3, 0.4) is 0 Å². The number of methoxy groups -OCH3 is 1. The van der Waals surface area contributed by atoms with Crippen LogP contribution >= 0.6 is 0 Å². The molecule has 4 nitrogen and oxygen atoms in total. The van der Waals surface area contributed by atoms with Crippen molar-refractivity contribution < 1.29 is 14.3 Å². The molecule has 0 fully saturated rings. The van der Waals surface area contributed by atoms with Gasteiger partial charge in [0.05, 0.1) is 7.11 Å². The first-order valence-corrected chi connectivity index (χ1v) is 5.55. The summed E-state index contributed by atoms with van der Waals surface area (Å²) in [6.07, 6.45) is 8.41. The standard InChI is InChI=1S/C14H19NO3/c1-5-8-10-11(7-3)13(16)15-12(9-6-2)14(17)18-4/h5-8,10,12H,2-3,9H2,1,4H3,(H,15,16)/b8-5-,11-10+/t12-/m0/s1. The zero-order chi connectivity index (χ0) is 14.0. The largest absolute Gasteiger partial charge is 0.467 e. The topological polar surface area (TPSA) is 55.4 Å². The molecule has 98 valence electrons. The van der Waals surface area contributed by atoms with Gasteiger partial charge in [-0.05, 0) is 19.4 Å². The minimum absolute atomic E-state index is 0.312. The van der Waals surface area contributed by atoms with Gasteiger partial charge in [0, 0.05) is 5.57 Å². The minimum Gasteiger partial charge on any atom is -0.467 e. The molecule has 0 saturated heterocycles. The number of rotatable bonds is 7. The van der Waals surface area contributed by atoms with Gasteiger partial charge in [0.25, 0.3) is 5.91 Å². The Labute approximate surface area is 108 Å². The van der Waals surface area contributed by atoms with E-state index in [2.05, 4.69) is 23.2 Å². The summed E-state index contributed by atoms with van der Waals surface area (Å²) < 4.78 is 4.60. The molecule has 18 heavy (non-hydrogen) atoms. The average molecular weight is 249 g/mol. The third-order valence-corrected chi connectivity index (χ3v) is 2.14. The highest BCUT2D eigenvalue weighted by atomic mass is 16.5. The van der Waals surface area contributed by atoms with E-state index < -0.39 is 12.0 Å². The van der Waals surface area contributed by atoms with Crippen LogP contribution in [-0.2, 0) is 14.3 Å². The molecular weight excluding hydrogens is 230 g/mol. The number of hydrogen-bond donors (Lipinski definition) is 1. The van der Waals surface area contributed by atoms with E-state index in [1.54, 1.807) is 24.3 Å². The van der Waals surface area contributed by atoms with E-state index in [1.807, 2.05) is 6.92 Å². The lowest BCUT2D eigenvalue weighted by molar-refractivity contribution is -0.144. The SMILES string of the molecule is C=CC[C@H](NC(=O)/C(C=C)=C/C=C\C)C(=O)OC. The van der Waals surface area contributed by atoms with Gasteiger partial charge >= 0.3 is 5.97 Å². The van der Waals surface area contributed by atoms with E-state index in [0.29, 0.717) is 12.0 Å². The zero-order valence-electron chi connectivity index (χ0n) is 10.8. The van der Waals surface area contributed by atoms with E-state index >= 15 is 0 Å². The molecule has 0 aliphatic rings. The molecule has 1 N–H and O–H groups in total. The maximum Gasteiger partial charge on any atom is 0.328 e. The summed E-state index contributed by atoms with van der Waals surface area (Å²) in [7, 11) is 1.27. The van der Waals surface area contributed by atoms with Gasteiger partial charge in [0.1, 0.15) is 6.04 Å². The van der Waals surface area contributed by atoms with Crippen molar-refractivity contribution in [3.63, 3.8) is 0 Å². The fraction of sp³-hybridized carbons (Fsp3) is 0.286. The van der Waals surface area contributed by atoms with Crippen LogP contribution in [0.25, 0.3) is 0 Å². The molecule has 1 atom stereocenters. The third kappa shape index (κ3) is 5.30. The first-order chi connectivity index (χ1) is 8.60. The third-order valence-electron chi connectivity index (χ3n) is 2.14. The second kappa shape index (κ2) is 8.98. The lowest BCUT2D eigenvalue weighted by Gasteiger charge is -2.14. The molecule has 0 aliphatic carbocycles. The van der Waals surface area contributed by atoms with Crippen molar-refractivity contribution in [1.29, 1.82) is 0 Å². The van der Waals surface area contributed by atoms with Crippen LogP contribution in [0.2, 0.25) is 0 Å². The van der Waals surface area contributed by atoms with Crippen LogP contribution < -0.4 is 5.32 Å². The molecule has 0 aromatic rings. The Bertz CT molecular complexity index is 381. The maximum atomic E-state index is 11.9. The number of carbonyl (C=O) groups is 2. The number of ether oxygens (including phenoxy) is 1. The normalized spacial score (nSPS) is 12.9. The van der Waals surface area contributed by atoms with Crippen molar-refractivity contribution in [3.05, 3.63) is 49.1 Å². The Kier molecular flexibility index (Phi) is 7.94. The number of hydrogen-bond acceptors (Lipinski definition) is 3. The smallest absolute Gasteiger partial charge is 0.328 e. The summed E-state index contributed by atoms with van der Waals surface area (Å²) in [5.74, 6) is -0.877. The molecule has 4 heteroatoms. The van der Waals surface area contributed by atoms with Crippen molar-refractivity contribution >= 4 is 11.9 Å². The van der Waals surface area contributed by atoms with Crippen molar-refractivity contribution in [1.82, 2.24) is 5.32 Å². The fourth-order valence-electron chi connectivity index (χ4n) is 1.20. The van der Waals surface area contributed by atoms with Gasteiger partial charge in [0.15, 0.2) is 0 Å². The molecule has 0 saturated carbocycles. The first kappa shape index (κ1) is 15.9. The highest BCUT2D eigenvalue weighted by molar-refractivity contribution is 5.98. The van der Waals surface area contributed by atoms with Gasteiger partial charge < -0.3 is 10.1 Å². The quantitative estimate of drug-likeness (QED) is 0.324. The van der Waals surface area contributed by atoms with Crippen LogP contribution in [0.15, 0.2) is 49.1 Å². The van der Waals surface area contributed by atoms with Crippen molar-refractivity contribution in [2.75, 3.05) is 7.11 Å². The van der Waals surface area contributed by atoms with Crippen molar-refractivity contribution in [2.45, 2.75) is 19.4 Å². The van der Waals surface area contributed by atoms with E-state index in [-0.39, 0.29) is 5.91 Å². The molecule has 0 spiro atoms. The van der Waals surface area contributed by atoms with Crippen LogP contribution in [0, 0.1) is 0 Å². The van der Waals surface area contributed by atoms with E-state index in [1.165, 1.54) is 13.2 Å². The van der Waals surface area contributed by atoms with Crippen molar-refractivity contribution in [2.24, 2.45) is 0 Å². The Morgan fingerprint density at radius 1 is 1.39 bits per heavy atom. The highest BCUT2D eigenvalue weighted by Gasteiger charge is 2.20. The summed E-state index contributed by atoms with van der Waals surface area (Å²) >= 11 is 0. The number of allylic oxidation sites excluding steroid dienone is 3. The summed E-state index contributed by atoms with van der Waals surface area (Å²) in [6.45, 7) is 8.93. The summed E-state index contributed by atoms with van der Waals surface area (Å²) in [5.41, 5.74) is 0.381. The molecule has 0 aromatic carbocycles. The highest BCUT2D eigenvalue weighted by Crippen LogP contribution is 2.02. The van der Waals surface area contributed by atoms with Gasteiger partial charge in [-0.1, -0.05) is 30.9 Å². The second-order valence-electron chi connectivity index (χ2n) is 3.43. The van der Waals surface area contributed by atoms with Crippen LogP contribution in [-0.4, -0.2) is 25.0 Å². The van der Waals surface area contributed by atoms with Gasteiger partial charge in [0.2, 0.25) is 0 Å². The molecule has 1 amide bonds. The van der Waals surface area contributed by atoms with E-state index in [4.69, 9.17) is 0 Å². The number of carbonyl (C=O) groups excluding carboxylic acids is 2. The van der Waals surface area contributed by atoms with Crippen LogP contribution in [0.5, 0.6) is 0 Å². The molecule has 0 heterocycles. The number of nitrogens with one attached hydrogen (secondary N) is 1. The lowest BCUT2D eigenvalue weighted by Crippen LogP contribution is -2.41. The van der Waals surface area contributed by atoms with Gasteiger partial charge in [-0.2, -0.15) is 0 Å². The second-order valence-corrected chi connectivity index (χ2v) is 3.43. The summed E-state index contributed by atoms with van der Waals surface area (Å²) in [4.78, 5) is 23.3. The van der Waals surface area contributed by atoms with Gasteiger partial charge in [-0.15, -0.1) is 6.58 Å². The number of esters is 1. The molecule has 0 rings (SSSR count). The predicted molar refractivity (Wildman–Crippen MR) is 71.9 cm³/mol. The predicted octanol–water partition coefficient (Wildman–Crippen LogP) is 1.91. The van der Waals surface area contributed by atoms with Gasteiger partial charge in [-0.25, -0.2) is 4.79 Å². The minimum atomic E-state index is -0.728. The van der Waals surface area contributed by atoms with E-state index in [0.717, 1.165) is 0 Å². The van der Waals surface area contributed by atoms with Crippen LogP contribution in [0.1, 0.15) is 13.3 Å². The zero-order valence-corrected chi connectivity index (χ0v) is 10.8. The first-order valence-electron chi connectivity index (χ1n) is 5.55. The Morgan fingerprint density at radius 2 is 2.06 bits per heavy atom. The fourth-order valence-corrected chi connectivity index (χ4v) is 1.20. The summed E-state index contributed by atoms with van der Waals surface area (Å²) in [5, 5.41) is 2.57. The summed E-state index contributed by atoms with van der Waals surface area (Å²) in [6, 6.07) is -0.728. The Hall–Kier alpha value is -2.10. The average Bonchev–Trinajstić information content (AvgIpc) is 2.38. The molecule has 0 radical (unpaired) electrons. The Morgan fingerprint density at radius 3 is 2.50 bits per heavy atom.